The van der Waals surface area contributed by atoms with Crippen LogP contribution in [-0.4, -0.2) is 22.7 Å². The number of thiophene rings is 1. The van der Waals surface area contributed by atoms with Crippen LogP contribution in [-0.2, 0) is 16.1 Å². The van der Waals surface area contributed by atoms with Crippen LogP contribution >= 0.6 is 11.3 Å². The first-order valence-electron chi connectivity index (χ1n) is 7.33. The predicted octanol–water partition coefficient (Wildman–Crippen LogP) is 2.67. The molecule has 6 heteroatoms. The normalized spacial score (nSPS) is 22.3. The summed E-state index contributed by atoms with van der Waals surface area (Å²) in [6, 6.07) is 3.19. The lowest BCUT2D eigenvalue weighted by atomic mass is 9.77. The third kappa shape index (κ3) is 2.48. The highest BCUT2D eigenvalue weighted by atomic mass is 32.1. The van der Waals surface area contributed by atoms with E-state index in [0.29, 0.717) is 12.8 Å². The number of barbiturate groups is 1. The largest absolute Gasteiger partial charge is 0.331 e. The minimum atomic E-state index is -1.03. The van der Waals surface area contributed by atoms with Gasteiger partial charge in [0.1, 0.15) is 5.41 Å². The molecule has 0 aromatic carbocycles. The number of imide groups is 2. The summed E-state index contributed by atoms with van der Waals surface area (Å²) in [5.74, 6) is -0.714. The predicted molar refractivity (Wildman–Crippen MR) is 78.5 cm³/mol. The number of hydrogen-bond donors (Lipinski definition) is 1. The fourth-order valence-electron chi connectivity index (χ4n) is 3.21. The molecular formula is C15H18N2O3S. The molecule has 0 radical (unpaired) electrons. The first kappa shape index (κ1) is 14.3. The van der Waals surface area contributed by atoms with Crippen LogP contribution in [0.4, 0.5) is 4.79 Å². The second-order valence-electron chi connectivity index (χ2n) is 5.73. The fraction of sp³-hybridized carbons (Fsp3) is 0.533. The van der Waals surface area contributed by atoms with Crippen molar-refractivity contribution >= 4 is 29.2 Å². The second-order valence-corrected chi connectivity index (χ2v) is 6.76. The van der Waals surface area contributed by atoms with E-state index in [-0.39, 0.29) is 12.5 Å². The van der Waals surface area contributed by atoms with Gasteiger partial charge in [0.05, 0.1) is 6.54 Å². The standard InChI is InChI=1S/C15H18N2O3S/c18-12-15(7-3-1-2-4-8-15)13(19)17(14(20)16-12)10-11-6-5-9-21-11/h5-6,9H,1-4,7-8,10H2,(H,16,18,20). The van der Waals surface area contributed by atoms with Gasteiger partial charge >= 0.3 is 6.03 Å². The average Bonchev–Trinajstić information content (AvgIpc) is 2.84. The molecule has 0 unspecified atom stereocenters. The van der Waals surface area contributed by atoms with Crippen LogP contribution in [0.2, 0.25) is 0 Å². The van der Waals surface area contributed by atoms with Gasteiger partial charge in [-0.3, -0.25) is 19.8 Å². The van der Waals surface area contributed by atoms with E-state index in [2.05, 4.69) is 5.32 Å². The SMILES string of the molecule is O=C1NC(=O)C2(CCCCCC2)C(=O)N1Cc1cccs1. The Labute approximate surface area is 127 Å². The van der Waals surface area contributed by atoms with E-state index in [1.807, 2.05) is 17.5 Å². The number of rotatable bonds is 2. The Morgan fingerprint density at radius 1 is 1.14 bits per heavy atom. The summed E-state index contributed by atoms with van der Waals surface area (Å²) in [6.45, 7) is 0.247. The number of hydrogen-bond acceptors (Lipinski definition) is 4. The van der Waals surface area contributed by atoms with Crippen molar-refractivity contribution in [2.45, 2.75) is 45.1 Å². The van der Waals surface area contributed by atoms with Crippen molar-refractivity contribution < 1.29 is 14.4 Å². The molecule has 2 heterocycles. The molecule has 3 rings (SSSR count). The van der Waals surface area contributed by atoms with Crippen LogP contribution < -0.4 is 5.32 Å². The highest BCUT2D eigenvalue weighted by Crippen LogP contribution is 2.39. The van der Waals surface area contributed by atoms with Gasteiger partial charge in [0.25, 0.3) is 0 Å². The molecule has 21 heavy (non-hydrogen) atoms. The van der Waals surface area contributed by atoms with Gasteiger partial charge in [-0.25, -0.2) is 4.79 Å². The average molecular weight is 306 g/mol. The van der Waals surface area contributed by atoms with Crippen molar-refractivity contribution in [3.05, 3.63) is 22.4 Å². The molecule has 1 N–H and O–H groups in total. The minimum absolute atomic E-state index is 0.247. The first-order chi connectivity index (χ1) is 10.1. The molecule has 1 saturated carbocycles. The molecule has 1 spiro atoms. The van der Waals surface area contributed by atoms with Gasteiger partial charge in [-0.2, -0.15) is 0 Å². The van der Waals surface area contributed by atoms with Gasteiger partial charge in [0.15, 0.2) is 0 Å². The number of carbonyl (C=O) groups is 3. The zero-order valence-corrected chi connectivity index (χ0v) is 12.6. The Morgan fingerprint density at radius 2 is 1.86 bits per heavy atom. The fourth-order valence-corrected chi connectivity index (χ4v) is 3.90. The number of nitrogens with zero attached hydrogens (tertiary/aromatic N) is 1. The van der Waals surface area contributed by atoms with Crippen LogP contribution in [0, 0.1) is 5.41 Å². The molecule has 0 bridgehead atoms. The van der Waals surface area contributed by atoms with Crippen molar-refractivity contribution in [1.82, 2.24) is 10.2 Å². The number of urea groups is 1. The first-order valence-corrected chi connectivity index (χ1v) is 8.21. The Bertz CT molecular complexity index is 559. The third-order valence-electron chi connectivity index (χ3n) is 4.41. The highest BCUT2D eigenvalue weighted by Gasteiger charge is 2.53. The minimum Gasteiger partial charge on any atom is -0.277 e. The Hall–Kier alpha value is -1.69. The molecule has 4 amide bonds. The molecule has 1 aromatic heterocycles. The summed E-state index contributed by atoms with van der Waals surface area (Å²) < 4.78 is 0. The van der Waals surface area contributed by atoms with E-state index in [1.54, 1.807) is 0 Å². The molecule has 5 nitrogen and oxygen atoms in total. The van der Waals surface area contributed by atoms with E-state index < -0.39 is 17.4 Å². The van der Waals surface area contributed by atoms with Gasteiger partial charge in [0, 0.05) is 4.88 Å². The maximum atomic E-state index is 12.9. The molecule has 1 aliphatic heterocycles. The van der Waals surface area contributed by atoms with Gasteiger partial charge in [-0.1, -0.05) is 31.7 Å². The molecule has 1 aliphatic carbocycles. The van der Waals surface area contributed by atoms with E-state index in [0.717, 1.165) is 30.6 Å². The second kappa shape index (κ2) is 5.60. The van der Waals surface area contributed by atoms with Gasteiger partial charge in [-0.15, -0.1) is 11.3 Å². The lowest BCUT2D eigenvalue weighted by Crippen LogP contribution is -2.63. The number of carbonyl (C=O) groups excluding carboxylic acids is 3. The Balaban J connectivity index is 1.89. The highest BCUT2D eigenvalue weighted by molar-refractivity contribution is 7.09. The van der Waals surface area contributed by atoms with E-state index >= 15 is 0 Å². The quantitative estimate of drug-likeness (QED) is 0.854. The van der Waals surface area contributed by atoms with E-state index in [1.165, 1.54) is 16.2 Å². The summed E-state index contributed by atoms with van der Waals surface area (Å²) in [5.41, 5.74) is -1.03. The summed E-state index contributed by atoms with van der Waals surface area (Å²) >= 11 is 1.50. The van der Waals surface area contributed by atoms with Crippen LogP contribution in [0.1, 0.15) is 43.4 Å². The van der Waals surface area contributed by atoms with Crippen molar-refractivity contribution in [2.75, 3.05) is 0 Å². The summed E-state index contributed by atoms with van der Waals surface area (Å²) in [6.07, 6.45) is 4.90. The lowest BCUT2D eigenvalue weighted by Gasteiger charge is -2.38. The molecule has 2 fully saturated rings. The molecule has 1 saturated heterocycles. The number of nitrogens with one attached hydrogen (secondary N) is 1. The maximum Gasteiger partial charge on any atom is 0.331 e. The Kier molecular flexibility index (Phi) is 3.80. The van der Waals surface area contributed by atoms with Crippen LogP contribution in [0.5, 0.6) is 0 Å². The van der Waals surface area contributed by atoms with Crippen molar-refractivity contribution in [3.8, 4) is 0 Å². The molecule has 1 aromatic rings. The van der Waals surface area contributed by atoms with Gasteiger partial charge in [0.2, 0.25) is 11.8 Å². The zero-order valence-electron chi connectivity index (χ0n) is 11.8. The zero-order chi connectivity index (χ0) is 14.9. The molecule has 2 aliphatic rings. The van der Waals surface area contributed by atoms with Crippen molar-refractivity contribution in [1.29, 1.82) is 0 Å². The monoisotopic (exact) mass is 306 g/mol. The third-order valence-corrected chi connectivity index (χ3v) is 5.27. The van der Waals surface area contributed by atoms with Crippen molar-refractivity contribution in [3.63, 3.8) is 0 Å². The summed E-state index contributed by atoms with van der Waals surface area (Å²) in [7, 11) is 0. The van der Waals surface area contributed by atoms with Crippen LogP contribution in [0.3, 0.4) is 0 Å². The van der Waals surface area contributed by atoms with Crippen LogP contribution in [0.15, 0.2) is 17.5 Å². The molecule has 112 valence electrons. The summed E-state index contributed by atoms with van der Waals surface area (Å²) in [4.78, 5) is 39.3. The maximum absolute atomic E-state index is 12.9. The summed E-state index contributed by atoms with van der Waals surface area (Å²) in [5, 5.41) is 4.30. The topological polar surface area (TPSA) is 66.5 Å². The van der Waals surface area contributed by atoms with Crippen molar-refractivity contribution in [2.24, 2.45) is 5.41 Å². The van der Waals surface area contributed by atoms with Crippen LogP contribution in [0.25, 0.3) is 0 Å². The Morgan fingerprint density at radius 3 is 2.48 bits per heavy atom. The van der Waals surface area contributed by atoms with E-state index in [4.69, 9.17) is 0 Å². The van der Waals surface area contributed by atoms with Gasteiger partial charge in [-0.05, 0) is 24.3 Å². The molecular weight excluding hydrogens is 288 g/mol. The number of amides is 4. The molecule has 0 atom stereocenters. The van der Waals surface area contributed by atoms with E-state index in [9.17, 15) is 14.4 Å². The smallest absolute Gasteiger partial charge is 0.277 e. The lowest BCUT2D eigenvalue weighted by molar-refractivity contribution is -0.153. The van der Waals surface area contributed by atoms with Gasteiger partial charge < -0.3 is 0 Å².